The number of nitrogens with zero attached hydrogens (tertiary/aromatic N) is 1. The van der Waals surface area contributed by atoms with Crippen molar-refractivity contribution in [1.29, 1.82) is 0 Å². The molecule has 2 unspecified atom stereocenters. The molecule has 1 aromatic carbocycles. The van der Waals surface area contributed by atoms with Gasteiger partial charge in [0.05, 0.1) is 11.5 Å². The minimum atomic E-state index is -3.66. The fraction of sp³-hybridized carbons (Fsp3) is 0.667. The van der Waals surface area contributed by atoms with Crippen LogP contribution >= 0.6 is 0 Å². The molecule has 0 radical (unpaired) electrons. The highest BCUT2D eigenvalue weighted by atomic mass is 32.2. The van der Waals surface area contributed by atoms with Gasteiger partial charge in [-0.1, -0.05) is 88.7 Å². The maximum atomic E-state index is 12.0. The first-order valence-corrected chi connectivity index (χ1v) is 11.8. The first-order chi connectivity index (χ1) is 13.3. The van der Waals surface area contributed by atoms with Crippen molar-refractivity contribution in [3.63, 3.8) is 0 Å². The number of hydrogen-bond donors (Lipinski definition) is 1. The Labute approximate surface area is 170 Å². The number of rotatable bonds is 14. The molecule has 0 aliphatic rings. The van der Waals surface area contributed by atoms with E-state index in [1.165, 1.54) is 12.8 Å². The smallest absolute Gasteiger partial charge is 0.268 e. The van der Waals surface area contributed by atoms with Crippen LogP contribution in [0.4, 0.5) is 0 Å². The number of hydrogen-bond acceptors (Lipinski definition) is 6. The molecule has 0 saturated carbocycles. The summed E-state index contributed by atoms with van der Waals surface area (Å²) in [5, 5.41) is 12.9. The molecule has 6 nitrogen and oxygen atoms in total. The Morgan fingerprint density at radius 2 is 1.68 bits per heavy atom. The van der Waals surface area contributed by atoms with Gasteiger partial charge in [0, 0.05) is 0 Å². The molecule has 0 bridgehead atoms. The van der Waals surface area contributed by atoms with Crippen LogP contribution in [0.5, 0.6) is 0 Å². The molecular weight excluding hydrogens is 378 g/mol. The average molecular weight is 414 g/mol. The zero-order valence-corrected chi connectivity index (χ0v) is 18.4. The molecule has 0 heterocycles. The Hall–Kier alpha value is -1.44. The van der Waals surface area contributed by atoms with E-state index in [0.717, 1.165) is 36.8 Å². The highest BCUT2D eigenvalue weighted by Gasteiger charge is 2.19. The lowest BCUT2D eigenvalue weighted by Crippen LogP contribution is -2.12. The van der Waals surface area contributed by atoms with Gasteiger partial charge in [-0.05, 0) is 30.4 Å². The highest BCUT2D eigenvalue weighted by molar-refractivity contribution is 7.86. The van der Waals surface area contributed by atoms with Crippen LogP contribution in [0.25, 0.3) is 0 Å². The highest BCUT2D eigenvalue weighted by Crippen LogP contribution is 2.27. The third kappa shape index (κ3) is 8.71. The van der Waals surface area contributed by atoms with Crippen LogP contribution in [-0.2, 0) is 19.3 Å². The summed E-state index contributed by atoms with van der Waals surface area (Å²) >= 11 is 0. The van der Waals surface area contributed by atoms with Gasteiger partial charge < -0.3 is 0 Å². The Kier molecular flexibility index (Phi) is 11.3. The molecule has 1 aromatic rings. The zero-order chi connectivity index (χ0) is 21.0. The van der Waals surface area contributed by atoms with Crippen molar-refractivity contribution in [2.24, 2.45) is 11.1 Å². The molecule has 0 saturated heterocycles. The molecule has 0 amide bonds. The summed E-state index contributed by atoms with van der Waals surface area (Å²) in [5.74, 6) is 0.153. The lowest BCUT2D eigenvalue weighted by molar-refractivity contribution is -0.293. The molecule has 1 rings (SSSR count). The predicted octanol–water partition coefficient (Wildman–Crippen LogP) is 5.69. The minimum Gasteiger partial charge on any atom is -0.268 e. The third-order valence-corrected chi connectivity index (χ3v) is 6.06. The Morgan fingerprint density at radius 3 is 2.25 bits per heavy atom. The standard InChI is InChI=1S/C21H35NO5S/c1-5-7-8-9-10-11-16-28(24,25)27-22-18(4)19-12-14-20(15-13-19)21(26-23)17(3)6-2/h12-15,17,21,23H,5-11,16H2,1-4H3. The molecule has 1 N–H and O–H groups in total. The quantitative estimate of drug-likeness (QED) is 0.183. The second-order valence-electron chi connectivity index (χ2n) is 7.31. The molecule has 0 aliphatic carbocycles. The maximum absolute atomic E-state index is 12.0. The van der Waals surface area contributed by atoms with Crippen LogP contribution in [0.2, 0.25) is 0 Å². The number of oxime groups is 1. The van der Waals surface area contributed by atoms with E-state index in [4.69, 9.17) is 9.54 Å². The number of unbranched alkanes of at least 4 members (excludes halogenated alkanes) is 5. The van der Waals surface area contributed by atoms with Gasteiger partial charge in [0.2, 0.25) is 0 Å². The van der Waals surface area contributed by atoms with Gasteiger partial charge in [-0.2, -0.15) is 8.42 Å². The first-order valence-electron chi connectivity index (χ1n) is 10.2. The van der Waals surface area contributed by atoms with Gasteiger partial charge in [0.1, 0.15) is 6.10 Å². The van der Waals surface area contributed by atoms with Gasteiger partial charge in [0.25, 0.3) is 0 Å². The summed E-state index contributed by atoms with van der Waals surface area (Å²) in [6, 6.07) is 7.30. The van der Waals surface area contributed by atoms with Crippen molar-refractivity contribution in [3.8, 4) is 0 Å². The summed E-state index contributed by atoms with van der Waals surface area (Å²) in [4.78, 5) is 4.62. The van der Waals surface area contributed by atoms with Crippen molar-refractivity contribution < 1.29 is 22.8 Å². The van der Waals surface area contributed by atoms with Gasteiger partial charge in [0.15, 0.2) is 0 Å². The monoisotopic (exact) mass is 413 g/mol. The van der Waals surface area contributed by atoms with E-state index in [2.05, 4.69) is 17.0 Å². The summed E-state index contributed by atoms with van der Waals surface area (Å²) in [6.07, 6.45) is 6.50. The lowest BCUT2D eigenvalue weighted by Gasteiger charge is -2.20. The molecular formula is C21H35NO5S. The fourth-order valence-corrected chi connectivity index (χ4v) is 3.74. The van der Waals surface area contributed by atoms with Gasteiger partial charge >= 0.3 is 10.1 Å². The predicted molar refractivity (Wildman–Crippen MR) is 113 cm³/mol. The molecule has 28 heavy (non-hydrogen) atoms. The molecule has 160 valence electrons. The van der Waals surface area contributed by atoms with Crippen molar-refractivity contribution in [1.82, 2.24) is 0 Å². The Balaban J connectivity index is 2.60. The summed E-state index contributed by atoms with van der Waals surface area (Å²) in [5.41, 5.74) is 2.08. The number of benzene rings is 1. The average Bonchev–Trinajstić information content (AvgIpc) is 2.69. The fourth-order valence-electron chi connectivity index (χ4n) is 2.88. The molecule has 7 heteroatoms. The van der Waals surface area contributed by atoms with Crippen LogP contribution in [0.15, 0.2) is 29.4 Å². The molecule has 0 fully saturated rings. The minimum absolute atomic E-state index is 0.0146. The van der Waals surface area contributed by atoms with Crippen LogP contribution < -0.4 is 0 Å². The van der Waals surface area contributed by atoms with Gasteiger partial charge in [-0.15, -0.1) is 0 Å². The Bertz CT molecular complexity index is 685. The first kappa shape index (κ1) is 24.6. The second-order valence-corrected chi connectivity index (χ2v) is 8.99. The van der Waals surface area contributed by atoms with E-state index < -0.39 is 16.2 Å². The summed E-state index contributed by atoms with van der Waals surface area (Å²) in [6.45, 7) is 7.88. The second kappa shape index (κ2) is 12.9. The van der Waals surface area contributed by atoms with Crippen molar-refractivity contribution in [2.75, 3.05) is 5.75 Å². The molecule has 2 atom stereocenters. The van der Waals surface area contributed by atoms with E-state index in [9.17, 15) is 8.42 Å². The zero-order valence-electron chi connectivity index (χ0n) is 17.6. The van der Waals surface area contributed by atoms with Crippen molar-refractivity contribution in [2.45, 2.75) is 78.7 Å². The van der Waals surface area contributed by atoms with E-state index >= 15 is 0 Å². The van der Waals surface area contributed by atoms with Crippen LogP contribution in [0, 0.1) is 5.92 Å². The van der Waals surface area contributed by atoms with E-state index in [0.29, 0.717) is 12.1 Å². The maximum Gasteiger partial charge on any atom is 0.328 e. The van der Waals surface area contributed by atoms with Crippen LogP contribution in [-0.4, -0.2) is 25.1 Å². The SMILES string of the molecule is CCCCCCCCS(=O)(=O)ON=C(C)c1ccc(C(OO)C(C)CC)cc1. The van der Waals surface area contributed by atoms with Gasteiger partial charge in [-0.3, -0.25) is 9.54 Å². The van der Waals surface area contributed by atoms with Crippen LogP contribution in [0.1, 0.15) is 89.9 Å². The van der Waals surface area contributed by atoms with Crippen molar-refractivity contribution in [3.05, 3.63) is 35.4 Å². The topological polar surface area (TPSA) is 85.2 Å². The Morgan fingerprint density at radius 1 is 1.07 bits per heavy atom. The van der Waals surface area contributed by atoms with E-state index in [-0.39, 0.29) is 11.7 Å². The molecule has 0 spiro atoms. The van der Waals surface area contributed by atoms with Crippen LogP contribution in [0.3, 0.4) is 0 Å². The lowest BCUT2D eigenvalue weighted by atomic mass is 9.94. The summed E-state index contributed by atoms with van der Waals surface area (Å²) < 4.78 is 28.8. The van der Waals surface area contributed by atoms with Gasteiger partial charge in [-0.25, -0.2) is 4.89 Å². The van der Waals surface area contributed by atoms with Crippen molar-refractivity contribution >= 4 is 15.8 Å². The third-order valence-electron chi connectivity index (χ3n) is 4.97. The van der Waals surface area contributed by atoms with E-state index in [1.54, 1.807) is 6.92 Å². The largest absolute Gasteiger partial charge is 0.328 e. The van der Waals surface area contributed by atoms with E-state index in [1.807, 2.05) is 38.1 Å². The molecule has 0 aliphatic heterocycles. The molecule has 0 aromatic heterocycles. The normalized spacial score (nSPS) is 14.7. The summed E-state index contributed by atoms with van der Waals surface area (Å²) in [7, 11) is -3.66.